The average molecular weight is 365 g/mol. The summed E-state index contributed by atoms with van der Waals surface area (Å²) in [4.78, 5) is 9.29. The van der Waals surface area contributed by atoms with E-state index < -0.39 is 0 Å². The van der Waals surface area contributed by atoms with Crippen molar-refractivity contribution in [3.05, 3.63) is 84.1 Å². The first kappa shape index (κ1) is 16.6. The molecule has 4 nitrogen and oxygen atoms in total. The number of aromatic nitrogens is 2. The molecule has 4 aromatic rings. The van der Waals surface area contributed by atoms with Crippen molar-refractivity contribution in [1.29, 1.82) is 0 Å². The summed E-state index contributed by atoms with van der Waals surface area (Å²) in [7, 11) is 0. The van der Waals surface area contributed by atoms with E-state index in [2.05, 4.69) is 15.3 Å². The summed E-state index contributed by atoms with van der Waals surface area (Å²) in [5.74, 6) is 2.06. The van der Waals surface area contributed by atoms with Gasteiger partial charge in [0.15, 0.2) is 5.16 Å². The van der Waals surface area contributed by atoms with Crippen LogP contribution in [0.25, 0.3) is 10.9 Å². The van der Waals surface area contributed by atoms with Gasteiger partial charge in [-0.15, -0.1) is 0 Å². The van der Waals surface area contributed by atoms with E-state index in [1.54, 1.807) is 18.4 Å². The highest BCUT2D eigenvalue weighted by molar-refractivity contribution is 7.98. The average Bonchev–Trinajstić information content (AvgIpc) is 3.19. The summed E-state index contributed by atoms with van der Waals surface area (Å²) in [6.45, 7) is 0.552. The second-order valence-electron chi connectivity index (χ2n) is 5.72. The van der Waals surface area contributed by atoms with Gasteiger partial charge in [-0.2, -0.15) is 0 Å². The van der Waals surface area contributed by atoms with Crippen LogP contribution in [0.5, 0.6) is 0 Å². The third kappa shape index (κ3) is 3.86. The van der Waals surface area contributed by atoms with Gasteiger partial charge in [-0.1, -0.05) is 36.0 Å². The molecular formula is C20H16FN3OS. The zero-order chi connectivity index (χ0) is 17.8. The molecule has 0 spiro atoms. The van der Waals surface area contributed by atoms with Gasteiger partial charge >= 0.3 is 0 Å². The van der Waals surface area contributed by atoms with E-state index in [1.807, 2.05) is 36.4 Å². The summed E-state index contributed by atoms with van der Waals surface area (Å²) in [5, 5.41) is 4.97. The summed E-state index contributed by atoms with van der Waals surface area (Å²) in [6.07, 6.45) is 1.65. The molecule has 0 atom stereocenters. The Bertz CT molecular complexity index is 1000. The SMILES string of the molecule is Fc1ccc(CSc2nc(NCc3ccco3)c3ccccc3n2)cc1. The van der Waals surface area contributed by atoms with Crippen LogP contribution < -0.4 is 5.32 Å². The molecule has 2 heterocycles. The maximum absolute atomic E-state index is 13.0. The van der Waals surface area contributed by atoms with Gasteiger partial charge in [0.05, 0.1) is 18.3 Å². The van der Waals surface area contributed by atoms with Crippen LogP contribution in [0.4, 0.5) is 10.2 Å². The Kier molecular flexibility index (Phi) is 4.84. The van der Waals surface area contributed by atoms with E-state index in [0.29, 0.717) is 17.5 Å². The molecule has 0 aliphatic heterocycles. The van der Waals surface area contributed by atoms with Crippen molar-refractivity contribution >= 4 is 28.5 Å². The molecular weight excluding hydrogens is 349 g/mol. The van der Waals surface area contributed by atoms with Gasteiger partial charge in [-0.05, 0) is 42.0 Å². The standard InChI is InChI=1S/C20H16FN3OS/c21-15-9-7-14(8-10-15)13-26-20-23-18-6-2-1-5-17(18)19(24-20)22-12-16-4-3-11-25-16/h1-11H,12-13H2,(H,22,23,24). The van der Waals surface area contributed by atoms with Gasteiger partial charge in [-0.25, -0.2) is 14.4 Å². The second-order valence-corrected chi connectivity index (χ2v) is 6.66. The quantitative estimate of drug-likeness (QED) is 0.373. The smallest absolute Gasteiger partial charge is 0.190 e. The molecule has 0 bridgehead atoms. The number of hydrogen-bond acceptors (Lipinski definition) is 5. The molecule has 2 aromatic heterocycles. The van der Waals surface area contributed by atoms with Gasteiger partial charge in [0.25, 0.3) is 0 Å². The maximum Gasteiger partial charge on any atom is 0.190 e. The first-order valence-corrected chi connectivity index (χ1v) is 9.17. The summed E-state index contributed by atoms with van der Waals surface area (Å²) >= 11 is 1.52. The Morgan fingerprint density at radius 2 is 1.81 bits per heavy atom. The van der Waals surface area contributed by atoms with E-state index in [4.69, 9.17) is 4.42 Å². The lowest BCUT2D eigenvalue weighted by atomic mass is 10.2. The van der Waals surface area contributed by atoms with Crippen LogP contribution >= 0.6 is 11.8 Å². The topological polar surface area (TPSA) is 51.0 Å². The van der Waals surface area contributed by atoms with Crippen molar-refractivity contribution in [3.8, 4) is 0 Å². The largest absolute Gasteiger partial charge is 0.467 e. The minimum absolute atomic E-state index is 0.231. The highest BCUT2D eigenvalue weighted by Gasteiger charge is 2.09. The number of halogens is 1. The van der Waals surface area contributed by atoms with Gasteiger partial charge in [-0.3, -0.25) is 0 Å². The minimum Gasteiger partial charge on any atom is -0.467 e. The molecule has 0 unspecified atom stereocenters. The lowest BCUT2D eigenvalue weighted by molar-refractivity contribution is 0.518. The van der Waals surface area contributed by atoms with Crippen LogP contribution in [0.2, 0.25) is 0 Å². The third-order valence-electron chi connectivity index (χ3n) is 3.87. The van der Waals surface area contributed by atoms with Crippen molar-refractivity contribution in [2.75, 3.05) is 5.32 Å². The van der Waals surface area contributed by atoms with Crippen molar-refractivity contribution in [1.82, 2.24) is 9.97 Å². The zero-order valence-corrected chi connectivity index (χ0v) is 14.7. The Balaban J connectivity index is 1.57. The Morgan fingerprint density at radius 1 is 0.962 bits per heavy atom. The Morgan fingerprint density at radius 3 is 2.62 bits per heavy atom. The first-order chi connectivity index (χ1) is 12.8. The lowest BCUT2D eigenvalue weighted by Crippen LogP contribution is -2.03. The van der Waals surface area contributed by atoms with Crippen LogP contribution in [0, 0.1) is 5.82 Å². The van der Waals surface area contributed by atoms with E-state index in [9.17, 15) is 4.39 Å². The van der Waals surface area contributed by atoms with Gasteiger partial charge in [0, 0.05) is 11.1 Å². The second kappa shape index (κ2) is 7.58. The number of fused-ring (bicyclic) bond motifs is 1. The lowest BCUT2D eigenvalue weighted by Gasteiger charge is -2.10. The zero-order valence-electron chi connectivity index (χ0n) is 13.9. The molecule has 0 saturated heterocycles. The van der Waals surface area contributed by atoms with Crippen LogP contribution in [0.3, 0.4) is 0 Å². The van der Waals surface area contributed by atoms with E-state index in [0.717, 1.165) is 28.0 Å². The molecule has 4 rings (SSSR count). The number of rotatable bonds is 6. The van der Waals surface area contributed by atoms with Crippen LogP contribution in [0.15, 0.2) is 76.5 Å². The minimum atomic E-state index is -0.231. The fourth-order valence-electron chi connectivity index (χ4n) is 2.57. The molecule has 0 amide bonds. The molecule has 0 aliphatic rings. The van der Waals surface area contributed by atoms with Crippen molar-refractivity contribution in [2.45, 2.75) is 17.5 Å². The van der Waals surface area contributed by atoms with E-state index >= 15 is 0 Å². The molecule has 0 fully saturated rings. The number of para-hydroxylation sites is 1. The first-order valence-electron chi connectivity index (χ1n) is 8.18. The third-order valence-corrected chi connectivity index (χ3v) is 4.79. The number of nitrogens with zero attached hydrogens (tertiary/aromatic N) is 2. The number of thioether (sulfide) groups is 1. The van der Waals surface area contributed by atoms with E-state index in [-0.39, 0.29) is 5.82 Å². The monoisotopic (exact) mass is 365 g/mol. The molecule has 0 radical (unpaired) electrons. The Hall–Kier alpha value is -2.86. The van der Waals surface area contributed by atoms with Crippen molar-refractivity contribution < 1.29 is 8.81 Å². The number of furan rings is 1. The molecule has 0 saturated carbocycles. The van der Waals surface area contributed by atoms with Crippen molar-refractivity contribution in [3.63, 3.8) is 0 Å². The van der Waals surface area contributed by atoms with Gasteiger partial charge in [0.1, 0.15) is 17.4 Å². The number of benzene rings is 2. The number of hydrogen-bond donors (Lipinski definition) is 1. The number of anilines is 1. The van der Waals surface area contributed by atoms with Crippen molar-refractivity contribution in [2.24, 2.45) is 0 Å². The molecule has 1 N–H and O–H groups in total. The van der Waals surface area contributed by atoms with E-state index in [1.165, 1.54) is 23.9 Å². The summed E-state index contributed by atoms with van der Waals surface area (Å²) in [5.41, 5.74) is 1.91. The summed E-state index contributed by atoms with van der Waals surface area (Å²) in [6, 6.07) is 18.2. The predicted molar refractivity (Wildman–Crippen MR) is 102 cm³/mol. The molecule has 0 aliphatic carbocycles. The predicted octanol–water partition coefficient (Wildman–Crippen LogP) is 5.27. The van der Waals surface area contributed by atoms with Crippen LogP contribution in [0.1, 0.15) is 11.3 Å². The van der Waals surface area contributed by atoms with Gasteiger partial charge in [0.2, 0.25) is 0 Å². The fourth-order valence-corrected chi connectivity index (χ4v) is 3.37. The van der Waals surface area contributed by atoms with Gasteiger partial charge < -0.3 is 9.73 Å². The Labute approximate surface area is 154 Å². The maximum atomic E-state index is 13.0. The summed E-state index contributed by atoms with van der Waals surface area (Å²) < 4.78 is 18.4. The van der Waals surface area contributed by atoms with Crippen LogP contribution in [-0.4, -0.2) is 9.97 Å². The highest BCUT2D eigenvalue weighted by Crippen LogP contribution is 2.26. The number of nitrogens with one attached hydrogen (secondary N) is 1. The molecule has 26 heavy (non-hydrogen) atoms. The van der Waals surface area contributed by atoms with Crippen LogP contribution in [-0.2, 0) is 12.3 Å². The molecule has 130 valence electrons. The fraction of sp³-hybridized carbons (Fsp3) is 0.100. The highest BCUT2D eigenvalue weighted by atomic mass is 32.2. The normalized spacial score (nSPS) is 11.0. The molecule has 2 aromatic carbocycles. The molecule has 6 heteroatoms.